The lowest BCUT2D eigenvalue weighted by Crippen LogP contribution is -2.26. The Morgan fingerprint density at radius 2 is 2.27 bits per heavy atom. The van der Waals surface area contributed by atoms with Gasteiger partial charge in [-0.25, -0.2) is 4.98 Å². The fourth-order valence-corrected chi connectivity index (χ4v) is 2.46. The third kappa shape index (κ3) is 2.77. The number of para-hydroxylation sites is 1. The maximum atomic E-state index is 4.56. The van der Waals surface area contributed by atoms with Crippen molar-refractivity contribution in [1.82, 2.24) is 10.3 Å². The van der Waals surface area contributed by atoms with Crippen LogP contribution in [-0.2, 0) is 6.54 Å². The van der Waals surface area contributed by atoms with E-state index < -0.39 is 0 Å². The van der Waals surface area contributed by atoms with Crippen LogP contribution in [0.15, 0.2) is 24.3 Å². The first-order valence-corrected chi connectivity index (χ1v) is 6.87. The quantitative estimate of drug-likeness (QED) is 0.873. The molecule has 0 spiro atoms. The van der Waals surface area contributed by atoms with Gasteiger partial charge in [-0.3, -0.25) is 0 Å². The molecule has 1 heterocycles. The molecule has 0 aliphatic heterocycles. The Labute approximate surface area is 102 Å². The molecule has 1 N–H and O–H groups in total. The lowest BCUT2D eigenvalue weighted by atomic mass is 10.3. The summed E-state index contributed by atoms with van der Waals surface area (Å²) in [5.74, 6) is 0. The smallest absolute Gasteiger partial charge is 0.108 e. The molecule has 1 aromatic heterocycles. The number of hydrogen-bond acceptors (Lipinski definition) is 3. The normalized spacial score (nSPS) is 13.2. The maximum Gasteiger partial charge on any atom is 0.108 e. The van der Waals surface area contributed by atoms with E-state index in [1.807, 2.05) is 6.07 Å². The number of fused-ring (bicyclic) bond motifs is 1. The molecule has 2 rings (SSSR count). The minimum atomic E-state index is 0.483. The fourth-order valence-electron chi connectivity index (χ4n) is 1.31. The van der Waals surface area contributed by atoms with Crippen molar-refractivity contribution in [2.24, 2.45) is 0 Å². The number of nitrogens with one attached hydrogen (secondary N) is 1. The fraction of sp³-hybridized carbons (Fsp3) is 0.364. The molecule has 15 heavy (non-hydrogen) atoms. The number of benzene rings is 1. The molecule has 1 atom stereocenters. The van der Waals surface area contributed by atoms with Crippen LogP contribution in [0.2, 0.25) is 0 Å². The van der Waals surface area contributed by atoms with Gasteiger partial charge in [0.1, 0.15) is 5.01 Å². The lowest BCUT2D eigenvalue weighted by molar-refractivity contribution is 0.597. The highest BCUT2D eigenvalue weighted by atomic mass is 79.9. The van der Waals surface area contributed by atoms with Gasteiger partial charge in [-0.1, -0.05) is 28.1 Å². The SMILES string of the molecule is CC(CBr)NCc1nc2ccccc2s1. The molecule has 2 aromatic rings. The molecule has 0 saturated heterocycles. The molecule has 80 valence electrons. The second-order valence-corrected chi connectivity index (χ2v) is 5.27. The van der Waals surface area contributed by atoms with E-state index in [9.17, 15) is 0 Å². The van der Waals surface area contributed by atoms with Crippen LogP contribution >= 0.6 is 27.3 Å². The molecule has 0 saturated carbocycles. The van der Waals surface area contributed by atoms with E-state index in [-0.39, 0.29) is 0 Å². The van der Waals surface area contributed by atoms with Gasteiger partial charge in [0.15, 0.2) is 0 Å². The first kappa shape index (κ1) is 11.0. The zero-order valence-corrected chi connectivity index (χ0v) is 10.9. The molecule has 1 aromatic carbocycles. The van der Waals surface area contributed by atoms with Crippen LogP contribution in [0.25, 0.3) is 10.2 Å². The Kier molecular flexibility index (Phi) is 3.72. The highest BCUT2D eigenvalue weighted by Crippen LogP contribution is 2.21. The number of hydrogen-bond donors (Lipinski definition) is 1. The summed E-state index contributed by atoms with van der Waals surface area (Å²) >= 11 is 5.20. The van der Waals surface area contributed by atoms with Crippen molar-refractivity contribution in [2.45, 2.75) is 19.5 Å². The second kappa shape index (κ2) is 5.05. The van der Waals surface area contributed by atoms with Crippen LogP contribution in [-0.4, -0.2) is 16.4 Å². The van der Waals surface area contributed by atoms with Crippen molar-refractivity contribution in [3.63, 3.8) is 0 Å². The maximum absolute atomic E-state index is 4.56. The Bertz CT molecular complexity index is 408. The average Bonchev–Trinajstić information content (AvgIpc) is 2.68. The summed E-state index contributed by atoms with van der Waals surface area (Å²) in [4.78, 5) is 4.56. The predicted molar refractivity (Wildman–Crippen MR) is 69.7 cm³/mol. The predicted octanol–water partition coefficient (Wildman–Crippen LogP) is 3.17. The summed E-state index contributed by atoms with van der Waals surface area (Å²) in [5, 5.41) is 5.54. The zero-order chi connectivity index (χ0) is 10.7. The number of halogens is 1. The molecule has 0 fully saturated rings. The van der Waals surface area contributed by atoms with Crippen molar-refractivity contribution in [3.8, 4) is 0 Å². The first-order valence-electron chi connectivity index (χ1n) is 4.93. The molecule has 0 amide bonds. The third-order valence-corrected chi connectivity index (χ3v) is 4.18. The monoisotopic (exact) mass is 284 g/mol. The Hall–Kier alpha value is -0.450. The summed E-state index contributed by atoms with van der Waals surface area (Å²) in [7, 11) is 0. The van der Waals surface area contributed by atoms with E-state index in [0.29, 0.717) is 6.04 Å². The van der Waals surface area contributed by atoms with Crippen molar-refractivity contribution in [3.05, 3.63) is 29.3 Å². The van der Waals surface area contributed by atoms with Gasteiger partial charge in [0.05, 0.1) is 10.2 Å². The Morgan fingerprint density at radius 3 is 3.00 bits per heavy atom. The van der Waals surface area contributed by atoms with E-state index in [4.69, 9.17) is 0 Å². The Balaban J connectivity index is 2.09. The van der Waals surface area contributed by atoms with Gasteiger partial charge in [0.2, 0.25) is 0 Å². The van der Waals surface area contributed by atoms with E-state index in [0.717, 1.165) is 22.4 Å². The summed E-state index contributed by atoms with van der Waals surface area (Å²) in [6.45, 7) is 3.01. The van der Waals surface area contributed by atoms with E-state index in [1.165, 1.54) is 4.70 Å². The minimum absolute atomic E-state index is 0.483. The molecule has 2 nitrogen and oxygen atoms in total. The number of alkyl halides is 1. The number of thiazole rings is 1. The summed E-state index contributed by atoms with van der Waals surface area (Å²) < 4.78 is 1.26. The van der Waals surface area contributed by atoms with Crippen molar-refractivity contribution < 1.29 is 0 Å². The number of nitrogens with zero attached hydrogens (tertiary/aromatic N) is 1. The van der Waals surface area contributed by atoms with Crippen molar-refractivity contribution >= 4 is 37.5 Å². The average molecular weight is 285 g/mol. The summed E-state index contributed by atoms with van der Waals surface area (Å²) in [5.41, 5.74) is 1.10. The highest BCUT2D eigenvalue weighted by Gasteiger charge is 2.04. The third-order valence-electron chi connectivity index (χ3n) is 2.17. The number of rotatable bonds is 4. The molecule has 4 heteroatoms. The van der Waals surface area contributed by atoms with Gasteiger partial charge in [-0.15, -0.1) is 11.3 Å². The van der Waals surface area contributed by atoms with Gasteiger partial charge >= 0.3 is 0 Å². The van der Waals surface area contributed by atoms with Crippen LogP contribution < -0.4 is 5.32 Å². The molecule has 0 radical (unpaired) electrons. The van der Waals surface area contributed by atoms with E-state index >= 15 is 0 Å². The lowest BCUT2D eigenvalue weighted by Gasteiger charge is -2.07. The van der Waals surface area contributed by atoms with Crippen molar-refractivity contribution in [1.29, 1.82) is 0 Å². The topological polar surface area (TPSA) is 24.9 Å². The van der Waals surface area contributed by atoms with Crippen LogP contribution in [0.5, 0.6) is 0 Å². The largest absolute Gasteiger partial charge is 0.307 e. The van der Waals surface area contributed by atoms with Gasteiger partial charge < -0.3 is 5.32 Å². The standard InChI is InChI=1S/C11H13BrN2S/c1-8(6-12)13-7-11-14-9-4-2-3-5-10(9)15-11/h2-5,8,13H,6-7H2,1H3. The van der Waals surface area contributed by atoms with E-state index in [2.05, 4.69) is 51.4 Å². The molecular weight excluding hydrogens is 272 g/mol. The van der Waals surface area contributed by atoms with Crippen LogP contribution in [0.1, 0.15) is 11.9 Å². The van der Waals surface area contributed by atoms with Gasteiger partial charge in [-0.2, -0.15) is 0 Å². The highest BCUT2D eigenvalue weighted by molar-refractivity contribution is 9.09. The molecule has 0 aliphatic carbocycles. The van der Waals surface area contributed by atoms with Gasteiger partial charge in [0, 0.05) is 17.9 Å². The van der Waals surface area contributed by atoms with Crippen LogP contribution in [0.3, 0.4) is 0 Å². The summed E-state index contributed by atoms with van der Waals surface area (Å²) in [6.07, 6.45) is 0. The molecule has 0 bridgehead atoms. The molecular formula is C11H13BrN2S. The number of aromatic nitrogens is 1. The first-order chi connectivity index (χ1) is 7.29. The van der Waals surface area contributed by atoms with Crippen LogP contribution in [0, 0.1) is 0 Å². The van der Waals surface area contributed by atoms with Gasteiger partial charge in [-0.05, 0) is 19.1 Å². The molecule has 0 aliphatic rings. The minimum Gasteiger partial charge on any atom is -0.307 e. The van der Waals surface area contributed by atoms with Gasteiger partial charge in [0.25, 0.3) is 0 Å². The zero-order valence-electron chi connectivity index (χ0n) is 8.53. The van der Waals surface area contributed by atoms with Crippen LogP contribution in [0.4, 0.5) is 0 Å². The molecule has 1 unspecified atom stereocenters. The Morgan fingerprint density at radius 1 is 1.47 bits per heavy atom. The summed E-state index contributed by atoms with van der Waals surface area (Å²) in [6, 6.07) is 8.74. The van der Waals surface area contributed by atoms with Crippen molar-refractivity contribution in [2.75, 3.05) is 5.33 Å². The van der Waals surface area contributed by atoms with E-state index in [1.54, 1.807) is 11.3 Å². The second-order valence-electron chi connectivity index (χ2n) is 3.51.